The number of carboxylic acid groups (broad SMARTS) is 1. The van der Waals surface area contributed by atoms with Gasteiger partial charge in [0.15, 0.2) is 11.6 Å². The Morgan fingerprint density at radius 1 is 1.65 bits per heavy atom. The van der Waals surface area contributed by atoms with E-state index in [0.717, 1.165) is 6.20 Å². The first-order valence-electron chi connectivity index (χ1n) is 4.36. The predicted molar refractivity (Wildman–Crippen MR) is 55.9 cm³/mol. The molecule has 1 atom stereocenters. The van der Waals surface area contributed by atoms with Crippen LogP contribution in [0.4, 0.5) is 10.2 Å². The topological polar surface area (TPSA) is 118 Å². The number of nitrogens with zero attached hydrogens (tertiary/aromatic N) is 2. The molecule has 0 unspecified atom stereocenters. The minimum Gasteiger partial charge on any atom is -0.480 e. The van der Waals surface area contributed by atoms with Crippen molar-refractivity contribution >= 4 is 29.3 Å². The van der Waals surface area contributed by atoms with Gasteiger partial charge in [-0.05, 0) is 11.6 Å². The summed E-state index contributed by atoms with van der Waals surface area (Å²) in [5, 5.41) is 10.7. The van der Waals surface area contributed by atoms with Crippen LogP contribution in [0.5, 0.6) is 0 Å². The van der Waals surface area contributed by atoms with Gasteiger partial charge in [0.1, 0.15) is 6.04 Å². The summed E-state index contributed by atoms with van der Waals surface area (Å²) in [6.45, 7) is 0. The lowest BCUT2D eigenvalue weighted by atomic mass is 10.2. The van der Waals surface area contributed by atoms with E-state index in [2.05, 4.69) is 15.3 Å². The van der Waals surface area contributed by atoms with E-state index in [9.17, 15) is 14.0 Å². The van der Waals surface area contributed by atoms with Gasteiger partial charge in [-0.2, -0.15) is 4.98 Å². The number of primary amides is 1. The second-order valence-electron chi connectivity index (χ2n) is 3.04. The maximum absolute atomic E-state index is 13.2. The second kappa shape index (κ2) is 5.39. The molecule has 0 saturated heterocycles. The summed E-state index contributed by atoms with van der Waals surface area (Å²) < 4.78 is 13.2. The molecule has 1 aromatic rings. The molecule has 0 fully saturated rings. The van der Waals surface area contributed by atoms with E-state index < -0.39 is 36.0 Å². The Morgan fingerprint density at radius 3 is 2.82 bits per heavy atom. The molecule has 0 aliphatic carbocycles. The van der Waals surface area contributed by atoms with Gasteiger partial charge in [-0.25, -0.2) is 14.2 Å². The number of amides is 1. The molecule has 1 amide bonds. The summed E-state index contributed by atoms with van der Waals surface area (Å²) in [4.78, 5) is 28.2. The number of nitrogens with two attached hydrogens (primary N) is 1. The number of rotatable bonds is 5. The fourth-order valence-corrected chi connectivity index (χ4v) is 1.15. The highest BCUT2D eigenvalue weighted by molar-refractivity contribution is 6.28. The molecule has 0 saturated carbocycles. The number of hydrogen-bond acceptors (Lipinski definition) is 5. The van der Waals surface area contributed by atoms with Crippen LogP contribution in [0, 0.1) is 5.82 Å². The summed E-state index contributed by atoms with van der Waals surface area (Å²) in [5.74, 6) is -3.49. The minimum atomic E-state index is -1.38. The zero-order valence-electron chi connectivity index (χ0n) is 8.35. The highest BCUT2D eigenvalue weighted by atomic mass is 35.5. The van der Waals surface area contributed by atoms with Crippen LogP contribution in [0.1, 0.15) is 6.42 Å². The predicted octanol–water partition coefficient (Wildman–Crippen LogP) is 0.00960. The van der Waals surface area contributed by atoms with Gasteiger partial charge in [-0.3, -0.25) is 4.79 Å². The third-order valence-electron chi connectivity index (χ3n) is 1.73. The number of halogens is 2. The lowest BCUT2D eigenvalue weighted by Crippen LogP contribution is -2.34. The third-order valence-corrected chi connectivity index (χ3v) is 1.91. The summed E-state index contributed by atoms with van der Waals surface area (Å²) >= 11 is 5.42. The Hall–Kier alpha value is -1.96. The Bertz CT molecular complexity index is 456. The van der Waals surface area contributed by atoms with Gasteiger partial charge in [0.2, 0.25) is 11.2 Å². The highest BCUT2D eigenvalue weighted by Gasteiger charge is 2.21. The normalized spacial score (nSPS) is 11.9. The van der Waals surface area contributed by atoms with Crippen LogP contribution in [0.15, 0.2) is 6.20 Å². The standard InChI is InChI=1S/C8H8ClFN4O3/c9-8-12-2-3(10)6(14-8)13-4(7(16)17)1-5(11)15/h2,4H,1H2,(H2,11,15)(H,16,17)(H,12,13,14)/t4-/m0/s1. The van der Waals surface area contributed by atoms with E-state index in [-0.39, 0.29) is 5.28 Å². The van der Waals surface area contributed by atoms with Crippen molar-refractivity contribution in [2.75, 3.05) is 5.32 Å². The van der Waals surface area contributed by atoms with Crippen molar-refractivity contribution in [2.45, 2.75) is 12.5 Å². The Kier molecular flexibility index (Phi) is 4.16. The van der Waals surface area contributed by atoms with E-state index in [1.807, 2.05) is 0 Å². The maximum Gasteiger partial charge on any atom is 0.326 e. The second-order valence-corrected chi connectivity index (χ2v) is 3.38. The van der Waals surface area contributed by atoms with Crippen LogP contribution in [0.25, 0.3) is 0 Å². The molecule has 0 aliphatic heterocycles. The molecule has 9 heteroatoms. The average molecular weight is 263 g/mol. The number of aromatic nitrogens is 2. The number of carbonyl (C=O) groups is 2. The van der Waals surface area contributed by atoms with Gasteiger partial charge in [0.25, 0.3) is 0 Å². The summed E-state index contributed by atoms with van der Waals surface area (Å²) in [7, 11) is 0. The van der Waals surface area contributed by atoms with Crippen molar-refractivity contribution in [1.82, 2.24) is 9.97 Å². The van der Waals surface area contributed by atoms with Crippen molar-refractivity contribution < 1.29 is 19.1 Å². The van der Waals surface area contributed by atoms with Crippen LogP contribution < -0.4 is 11.1 Å². The molecule has 1 heterocycles. The quantitative estimate of drug-likeness (QED) is 0.643. The van der Waals surface area contributed by atoms with E-state index in [1.54, 1.807) is 0 Å². The monoisotopic (exact) mass is 262 g/mol. The molecule has 0 aliphatic rings. The smallest absolute Gasteiger partial charge is 0.326 e. The van der Waals surface area contributed by atoms with E-state index in [1.165, 1.54) is 0 Å². The van der Waals surface area contributed by atoms with Crippen molar-refractivity contribution in [3.63, 3.8) is 0 Å². The number of carbonyl (C=O) groups excluding carboxylic acids is 1. The van der Waals surface area contributed by atoms with Crippen molar-refractivity contribution in [3.8, 4) is 0 Å². The van der Waals surface area contributed by atoms with E-state index in [4.69, 9.17) is 22.4 Å². The minimum absolute atomic E-state index is 0.253. The first-order chi connectivity index (χ1) is 7.90. The van der Waals surface area contributed by atoms with Gasteiger partial charge >= 0.3 is 5.97 Å². The molecule has 7 nitrogen and oxygen atoms in total. The van der Waals surface area contributed by atoms with Crippen molar-refractivity contribution in [2.24, 2.45) is 5.73 Å². The van der Waals surface area contributed by atoms with Gasteiger partial charge in [-0.15, -0.1) is 0 Å². The summed E-state index contributed by atoms with van der Waals surface area (Å²) in [6, 6.07) is -1.38. The van der Waals surface area contributed by atoms with Crippen LogP contribution >= 0.6 is 11.6 Å². The van der Waals surface area contributed by atoms with Gasteiger partial charge in [0.05, 0.1) is 12.6 Å². The molecule has 1 aromatic heterocycles. The Balaban J connectivity index is 2.89. The number of nitrogens with one attached hydrogen (secondary N) is 1. The third kappa shape index (κ3) is 3.83. The Labute approximate surface area is 99.8 Å². The molecule has 4 N–H and O–H groups in total. The first-order valence-corrected chi connectivity index (χ1v) is 4.73. The molecule has 0 spiro atoms. The Morgan fingerprint density at radius 2 is 2.29 bits per heavy atom. The van der Waals surface area contributed by atoms with Crippen LogP contribution in [-0.4, -0.2) is 33.0 Å². The summed E-state index contributed by atoms with van der Waals surface area (Å²) in [5.41, 5.74) is 4.86. The van der Waals surface area contributed by atoms with Crippen LogP contribution in [0.2, 0.25) is 5.28 Å². The lowest BCUT2D eigenvalue weighted by molar-refractivity contribution is -0.139. The summed E-state index contributed by atoms with van der Waals surface area (Å²) in [6.07, 6.45) is 0.275. The molecule has 92 valence electrons. The van der Waals surface area contributed by atoms with Crippen molar-refractivity contribution in [1.29, 1.82) is 0 Å². The zero-order chi connectivity index (χ0) is 13.0. The molecule has 17 heavy (non-hydrogen) atoms. The fourth-order valence-electron chi connectivity index (χ4n) is 1.01. The lowest BCUT2D eigenvalue weighted by Gasteiger charge is -2.13. The molecular weight excluding hydrogens is 255 g/mol. The molecule has 0 radical (unpaired) electrons. The van der Waals surface area contributed by atoms with Crippen LogP contribution in [-0.2, 0) is 9.59 Å². The molecule has 1 rings (SSSR count). The average Bonchev–Trinajstić information content (AvgIpc) is 2.21. The van der Waals surface area contributed by atoms with Gasteiger partial charge in [0, 0.05) is 0 Å². The number of aliphatic carboxylic acids is 1. The zero-order valence-corrected chi connectivity index (χ0v) is 9.11. The van der Waals surface area contributed by atoms with Gasteiger partial charge in [-0.1, -0.05) is 0 Å². The van der Waals surface area contributed by atoms with Crippen molar-refractivity contribution in [3.05, 3.63) is 17.3 Å². The van der Waals surface area contributed by atoms with E-state index >= 15 is 0 Å². The SMILES string of the molecule is NC(=O)C[C@H](Nc1nc(Cl)ncc1F)C(=O)O. The molecule has 0 bridgehead atoms. The number of carboxylic acids is 1. The number of anilines is 1. The number of hydrogen-bond donors (Lipinski definition) is 3. The fraction of sp³-hybridized carbons (Fsp3) is 0.250. The van der Waals surface area contributed by atoms with Crippen LogP contribution in [0.3, 0.4) is 0 Å². The largest absolute Gasteiger partial charge is 0.480 e. The first kappa shape index (κ1) is 13.1. The highest BCUT2D eigenvalue weighted by Crippen LogP contribution is 2.14. The molecule has 0 aromatic carbocycles. The van der Waals surface area contributed by atoms with E-state index in [0.29, 0.717) is 0 Å². The molecular formula is C8H8ClFN4O3. The van der Waals surface area contributed by atoms with Gasteiger partial charge < -0.3 is 16.2 Å². The maximum atomic E-state index is 13.2.